The molecular weight excluding hydrogens is 304 g/mol. The SMILES string of the molecule is Cc1noc([C@]23COC[C@H]2CN(C(=O)c2csc(C)n2)C3)n1. The third-order valence-electron chi connectivity index (χ3n) is 4.45. The minimum Gasteiger partial charge on any atom is -0.380 e. The van der Waals surface area contributed by atoms with Gasteiger partial charge in [0.2, 0.25) is 5.89 Å². The van der Waals surface area contributed by atoms with Crippen LogP contribution < -0.4 is 0 Å². The molecule has 0 saturated carbocycles. The molecule has 2 fully saturated rings. The molecule has 4 rings (SSSR count). The summed E-state index contributed by atoms with van der Waals surface area (Å²) >= 11 is 1.49. The van der Waals surface area contributed by atoms with E-state index in [1.54, 1.807) is 6.92 Å². The summed E-state index contributed by atoms with van der Waals surface area (Å²) in [7, 11) is 0. The summed E-state index contributed by atoms with van der Waals surface area (Å²) in [6.07, 6.45) is 0. The first-order valence-electron chi connectivity index (χ1n) is 7.18. The number of rotatable bonds is 2. The van der Waals surface area contributed by atoms with Crippen LogP contribution in [0.3, 0.4) is 0 Å². The van der Waals surface area contributed by atoms with Gasteiger partial charge < -0.3 is 14.2 Å². The highest BCUT2D eigenvalue weighted by molar-refractivity contribution is 7.09. The average molecular weight is 320 g/mol. The standard InChI is InChI=1S/C14H16N4O3S/c1-8-15-13(21-17-8)14-6-18(3-10(14)4-20-7-14)12(19)11-5-22-9(2)16-11/h5,10H,3-4,6-7H2,1-2H3/t10-,14-/m1/s1. The topological polar surface area (TPSA) is 81.4 Å². The molecule has 0 aromatic carbocycles. The highest BCUT2D eigenvalue weighted by Crippen LogP contribution is 2.43. The molecule has 0 unspecified atom stereocenters. The van der Waals surface area contributed by atoms with Gasteiger partial charge in [0.25, 0.3) is 5.91 Å². The van der Waals surface area contributed by atoms with Gasteiger partial charge in [-0.25, -0.2) is 4.98 Å². The molecule has 2 aromatic heterocycles. The average Bonchev–Trinajstić information content (AvgIpc) is 3.19. The Morgan fingerprint density at radius 2 is 2.32 bits per heavy atom. The van der Waals surface area contributed by atoms with Crippen LogP contribution in [0, 0.1) is 19.8 Å². The van der Waals surface area contributed by atoms with E-state index in [2.05, 4.69) is 15.1 Å². The molecular formula is C14H16N4O3S. The lowest BCUT2D eigenvalue weighted by atomic mass is 9.81. The summed E-state index contributed by atoms with van der Waals surface area (Å²) in [5, 5.41) is 6.60. The van der Waals surface area contributed by atoms with Gasteiger partial charge in [-0.1, -0.05) is 5.16 Å². The van der Waals surface area contributed by atoms with Crippen molar-refractivity contribution >= 4 is 17.2 Å². The lowest BCUT2D eigenvalue weighted by Crippen LogP contribution is -2.37. The molecule has 2 atom stereocenters. The number of hydrogen-bond donors (Lipinski definition) is 0. The Morgan fingerprint density at radius 1 is 1.45 bits per heavy atom. The second-order valence-electron chi connectivity index (χ2n) is 5.95. The molecule has 2 saturated heterocycles. The summed E-state index contributed by atoms with van der Waals surface area (Å²) in [6.45, 7) is 5.99. The van der Waals surface area contributed by atoms with Gasteiger partial charge in [0.1, 0.15) is 5.69 Å². The summed E-state index contributed by atoms with van der Waals surface area (Å²) in [5.41, 5.74) is 0.141. The first-order valence-corrected chi connectivity index (χ1v) is 8.06. The third kappa shape index (κ3) is 1.98. The van der Waals surface area contributed by atoms with Gasteiger partial charge in [-0.3, -0.25) is 4.79 Å². The minimum absolute atomic E-state index is 0.0330. The van der Waals surface area contributed by atoms with Gasteiger partial charge >= 0.3 is 0 Å². The summed E-state index contributed by atoms with van der Waals surface area (Å²) in [4.78, 5) is 23.1. The molecule has 2 aliphatic heterocycles. The number of amides is 1. The maximum Gasteiger partial charge on any atom is 0.273 e. The number of likely N-dealkylation sites (tertiary alicyclic amines) is 1. The predicted molar refractivity (Wildman–Crippen MR) is 77.8 cm³/mol. The van der Waals surface area contributed by atoms with Crippen molar-refractivity contribution in [2.45, 2.75) is 19.3 Å². The van der Waals surface area contributed by atoms with Crippen molar-refractivity contribution in [2.75, 3.05) is 26.3 Å². The van der Waals surface area contributed by atoms with Gasteiger partial charge in [-0.05, 0) is 13.8 Å². The largest absolute Gasteiger partial charge is 0.380 e. The number of fused-ring (bicyclic) bond motifs is 1. The Bertz CT molecular complexity index is 727. The number of aryl methyl sites for hydroxylation is 2. The lowest BCUT2D eigenvalue weighted by molar-refractivity contribution is 0.0731. The molecule has 0 radical (unpaired) electrons. The fourth-order valence-electron chi connectivity index (χ4n) is 3.32. The van der Waals surface area contributed by atoms with E-state index in [-0.39, 0.29) is 17.2 Å². The zero-order chi connectivity index (χ0) is 15.3. The summed E-state index contributed by atoms with van der Waals surface area (Å²) in [5.74, 6) is 1.34. The fourth-order valence-corrected chi connectivity index (χ4v) is 3.90. The van der Waals surface area contributed by atoms with E-state index >= 15 is 0 Å². The third-order valence-corrected chi connectivity index (χ3v) is 5.23. The number of nitrogens with zero attached hydrogens (tertiary/aromatic N) is 4. The predicted octanol–water partition coefficient (Wildman–Crippen LogP) is 1.18. The van der Waals surface area contributed by atoms with Gasteiger partial charge in [0.05, 0.1) is 23.6 Å². The van der Waals surface area contributed by atoms with Crippen LogP contribution in [0.4, 0.5) is 0 Å². The van der Waals surface area contributed by atoms with Gasteiger partial charge in [0.15, 0.2) is 5.82 Å². The Morgan fingerprint density at radius 3 is 3.00 bits per heavy atom. The molecule has 1 amide bonds. The van der Waals surface area contributed by atoms with Crippen molar-refractivity contribution in [1.82, 2.24) is 20.0 Å². The molecule has 2 aliphatic rings. The maximum absolute atomic E-state index is 12.6. The summed E-state index contributed by atoms with van der Waals surface area (Å²) < 4.78 is 11.0. The first-order chi connectivity index (χ1) is 10.6. The van der Waals surface area contributed by atoms with Crippen LogP contribution >= 0.6 is 11.3 Å². The van der Waals surface area contributed by atoms with E-state index in [0.717, 1.165) is 5.01 Å². The number of thiazole rings is 1. The molecule has 0 bridgehead atoms. The minimum atomic E-state index is -0.373. The van der Waals surface area contributed by atoms with Crippen LogP contribution in [-0.2, 0) is 10.2 Å². The van der Waals surface area contributed by atoms with Gasteiger partial charge in [-0.2, -0.15) is 4.98 Å². The second kappa shape index (κ2) is 4.85. The van der Waals surface area contributed by atoms with Gasteiger partial charge in [0, 0.05) is 24.4 Å². The number of carbonyl (C=O) groups is 1. The van der Waals surface area contributed by atoms with Gasteiger partial charge in [-0.15, -0.1) is 11.3 Å². The fraction of sp³-hybridized carbons (Fsp3) is 0.571. The zero-order valence-corrected chi connectivity index (χ0v) is 13.2. The summed E-state index contributed by atoms with van der Waals surface area (Å²) in [6, 6.07) is 0. The van der Waals surface area contributed by atoms with E-state index < -0.39 is 0 Å². The monoisotopic (exact) mass is 320 g/mol. The molecule has 2 aromatic rings. The first kappa shape index (κ1) is 13.8. The van der Waals surface area contributed by atoms with Crippen LogP contribution in [0.2, 0.25) is 0 Å². The van der Waals surface area contributed by atoms with Crippen molar-refractivity contribution in [3.05, 3.63) is 27.8 Å². The van der Waals surface area contributed by atoms with E-state index in [0.29, 0.717) is 43.7 Å². The molecule has 7 nitrogen and oxygen atoms in total. The van der Waals surface area contributed by atoms with Crippen molar-refractivity contribution in [2.24, 2.45) is 5.92 Å². The van der Waals surface area contributed by atoms with Crippen LogP contribution in [0.5, 0.6) is 0 Å². The molecule has 22 heavy (non-hydrogen) atoms. The quantitative estimate of drug-likeness (QED) is 0.826. The number of aromatic nitrogens is 3. The molecule has 0 spiro atoms. The molecule has 4 heterocycles. The highest BCUT2D eigenvalue weighted by Gasteiger charge is 2.56. The Hall–Kier alpha value is -1.80. The van der Waals surface area contributed by atoms with E-state index in [4.69, 9.17) is 9.26 Å². The van der Waals surface area contributed by atoms with Crippen molar-refractivity contribution in [1.29, 1.82) is 0 Å². The highest BCUT2D eigenvalue weighted by atomic mass is 32.1. The number of carbonyl (C=O) groups excluding carboxylic acids is 1. The van der Waals surface area contributed by atoms with Crippen molar-refractivity contribution in [3.8, 4) is 0 Å². The second-order valence-corrected chi connectivity index (χ2v) is 7.01. The molecule has 0 aliphatic carbocycles. The van der Waals surface area contributed by atoms with Crippen LogP contribution in [0.1, 0.15) is 27.2 Å². The zero-order valence-electron chi connectivity index (χ0n) is 12.4. The maximum atomic E-state index is 12.6. The molecule has 8 heteroatoms. The van der Waals surface area contributed by atoms with Crippen molar-refractivity contribution in [3.63, 3.8) is 0 Å². The van der Waals surface area contributed by atoms with E-state index in [1.165, 1.54) is 11.3 Å². The van der Waals surface area contributed by atoms with Crippen LogP contribution in [0.15, 0.2) is 9.90 Å². The Labute approximate surface area is 131 Å². The number of hydrogen-bond acceptors (Lipinski definition) is 7. The molecule has 0 N–H and O–H groups in total. The van der Waals surface area contributed by atoms with Crippen LogP contribution in [0.25, 0.3) is 0 Å². The van der Waals surface area contributed by atoms with Crippen LogP contribution in [-0.4, -0.2) is 52.2 Å². The number of ether oxygens (including phenoxy) is 1. The van der Waals surface area contributed by atoms with E-state index in [9.17, 15) is 4.79 Å². The smallest absolute Gasteiger partial charge is 0.273 e. The van der Waals surface area contributed by atoms with Crippen molar-refractivity contribution < 1.29 is 14.1 Å². The Kier molecular flexibility index (Phi) is 3.05. The normalized spacial score (nSPS) is 27.4. The molecule has 116 valence electrons. The Balaban J connectivity index is 1.63. The van der Waals surface area contributed by atoms with E-state index in [1.807, 2.05) is 17.2 Å². The lowest BCUT2D eigenvalue weighted by Gasteiger charge is -2.22.